The molecule has 1 amide bonds. The number of halogens is 2. The zero-order valence-corrected chi connectivity index (χ0v) is 11.6. The van der Waals surface area contributed by atoms with E-state index in [-0.39, 0.29) is 17.6 Å². The van der Waals surface area contributed by atoms with Crippen molar-refractivity contribution in [1.29, 1.82) is 0 Å². The molecule has 0 atom stereocenters. The van der Waals surface area contributed by atoms with Gasteiger partial charge in [0.1, 0.15) is 5.82 Å². The number of carbonyl (C=O) groups is 1. The van der Waals surface area contributed by atoms with E-state index in [0.717, 1.165) is 18.4 Å². The minimum atomic E-state index is -0.253. The van der Waals surface area contributed by atoms with Gasteiger partial charge in [-0.2, -0.15) is 0 Å². The molecular weight excluding hydrogens is 299 g/mol. The number of rotatable bonds is 6. The molecule has 0 saturated heterocycles. The first-order valence-corrected chi connectivity index (χ1v) is 6.88. The Labute approximate surface area is 114 Å². The minimum Gasteiger partial charge on any atom is -0.355 e. The Hall–Kier alpha value is -0.940. The summed E-state index contributed by atoms with van der Waals surface area (Å²) in [5.74, 6) is 0.161. The van der Waals surface area contributed by atoms with Gasteiger partial charge in [0.25, 0.3) is 0 Å². The Kier molecular flexibility index (Phi) is 4.72. The molecule has 1 aliphatic rings. The quantitative estimate of drug-likeness (QED) is 0.790. The van der Waals surface area contributed by atoms with Crippen molar-refractivity contribution in [2.24, 2.45) is 5.92 Å². The molecule has 0 aliphatic heterocycles. The normalized spacial score (nSPS) is 14.6. The van der Waals surface area contributed by atoms with Crippen molar-refractivity contribution in [1.82, 2.24) is 10.6 Å². The van der Waals surface area contributed by atoms with E-state index in [1.807, 2.05) is 6.07 Å². The van der Waals surface area contributed by atoms with Gasteiger partial charge in [0.15, 0.2) is 0 Å². The molecule has 2 rings (SSSR count). The fraction of sp³-hybridized carbons (Fsp3) is 0.462. The van der Waals surface area contributed by atoms with Gasteiger partial charge in [0.05, 0.1) is 4.47 Å². The van der Waals surface area contributed by atoms with Crippen LogP contribution in [0.4, 0.5) is 4.39 Å². The molecule has 0 radical (unpaired) electrons. The van der Waals surface area contributed by atoms with Gasteiger partial charge in [-0.3, -0.25) is 4.79 Å². The lowest BCUT2D eigenvalue weighted by Crippen LogP contribution is -2.32. The minimum absolute atomic E-state index is 0.159. The van der Waals surface area contributed by atoms with Gasteiger partial charge in [-0.05, 0) is 46.5 Å². The summed E-state index contributed by atoms with van der Waals surface area (Å²) in [4.78, 5) is 11.3. The first-order chi connectivity index (χ1) is 8.66. The van der Waals surface area contributed by atoms with E-state index >= 15 is 0 Å². The van der Waals surface area contributed by atoms with Gasteiger partial charge >= 0.3 is 0 Å². The van der Waals surface area contributed by atoms with Crippen molar-refractivity contribution in [2.45, 2.75) is 19.4 Å². The molecule has 0 unspecified atom stereocenters. The molecule has 2 N–H and O–H groups in total. The van der Waals surface area contributed by atoms with Gasteiger partial charge in [-0.1, -0.05) is 6.07 Å². The third-order valence-corrected chi connectivity index (χ3v) is 3.51. The molecule has 1 aliphatic carbocycles. The van der Waals surface area contributed by atoms with Crippen LogP contribution in [0.1, 0.15) is 18.4 Å². The monoisotopic (exact) mass is 314 g/mol. The molecule has 1 fully saturated rings. The molecule has 98 valence electrons. The van der Waals surface area contributed by atoms with Crippen molar-refractivity contribution in [3.63, 3.8) is 0 Å². The number of carbonyl (C=O) groups excluding carboxylic acids is 1. The smallest absolute Gasteiger partial charge is 0.223 e. The molecule has 0 aromatic heterocycles. The summed E-state index contributed by atoms with van der Waals surface area (Å²) >= 11 is 3.11. The summed E-state index contributed by atoms with van der Waals surface area (Å²) in [5, 5.41) is 6.03. The molecule has 0 bridgehead atoms. The van der Waals surface area contributed by atoms with Gasteiger partial charge in [-0.15, -0.1) is 0 Å². The number of nitrogens with one attached hydrogen (secondary N) is 2. The number of amides is 1. The molecule has 18 heavy (non-hydrogen) atoms. The highest BCUT2D eigenvalue weighted by Gasteiger charge is 2.28. The summed E-state index contributed by atoms with van der Waals surface area (Å²) in [6.07, 6.45) is 2.05. The van der Waals surface area contributed by atoms with Crippen LogP contribution in [0.2, 0.25) is 0 Å². The second kappa shape index (κ2) is 6.29. The first-order valence-electron chi connectivity index (χ1n) is 6.09. The third-order valence-electron chi connectivity index (χ3n) is 2.86. The number of hydrogen-bond acceptors (Lipinski definition) is 2. The summed E-state index contributed by atoms with van der Waals surface area (Å²) in [6, 6.07) is 5.06. The Balaban J connectivity index is 1.62. The maximum Gasteiger partial charge on any atom is 0.223 e. The standard InChI is InChI=1S/C13H16BrFN2O/c14-11-4-1-9(7-12(11)15)8-16-5-6-17-13(18)10-2-3-10/h1,4,7,10,16H,2-3,5-6,8H2,(H,17,18). The van der Waals surface area contributed by atoms with E-state index in [1.165, 1.54) is 6.07 Å². The van der Waals surface area contributed by atoms with Crippen LogP contribution in [0.25, 0.3) is 0 Å². The van der Waals surface area contributed by atoms with Crippen molar-refractivity contribution in [2.75, 3.05) is 13.1 Å². The van der Waals surface area contributed by atoms with Crippen LogP contribution in [-0.4, -0.2) is 19.0 Å². The molecule has 5 heteroatoms. The van der Waals surface area contributed by atoms with E-state index in [9.17, 15) is 9.18 Å². The molecular formula is C13H16BrFN2O. The highest BCUT2D eigenvalue weighted by atomic mass is 79.9. The predicted octanol–water partition coefficient (Wildman–Crippen LogP) is 2.20. The van der Waals surface area contributed by atoms with Gasteiger partial charge < -0.3 is 10.6 Å². The third kappa shape index (κ3) is 4.07. The predicted molar refractivity (Wildman–Crippen MR) is 71.5 cm³/mol. The average Bonchev–Trinajstić information content (AvgIpc) is 3.17. The molecule has 0 heterocycles. The molecule has 1 aromatic rings. The largest absolute Gasteiger partial charge is 0.355 e. The zero-order valence-electron chi connectivity index (χ0n) is 10.0. The lowest BCUT2D eigenvalue weighted by atomic mass is 10.2. The van der Waals surface area contributed by atoms with Crippen molar-refractivity contribution in [3.8, 4) is 0 Å². The van der Waals surface area contributed by atoms with Crippen LogP contribution >= 0.6 is 15.9 Å². The Morgan fingerprint density at radius 3 is 2.83 bits per heavy atom. The maximum atomic E-state index is 13.2. The van der Waals surface area contributed by atoms with Crippen molar-refractivity contribution >= 4 is 21.8 Å². The summed E-state index contributed by atoms with van der Waals surface area (Å²) in [5.41, 5.74) is 0.893. The SMILES string of the molecule is O=C(NCCNCc1ccc(Br)c(F)c1)C1CC1. The van der Waals surface area contributed by atoms with Crippen LogP contribution < -0.4 is 10.6 Å². The summed E-state index contributed by atoms with van der Waals surface area (Å²) in [7, 11) is 0. The van der Waals surface area contributed by atoms with E-state index in [1.54, 1.807) is 6.07 Å². The Morgan fingerprint density at radius 2 is 2.17 bits per heavy atom. The van der Waals surface area contributed by atoms with Crippen LogP contribution in [0.15, 0.2) is 22.7 Å². The molecule has 1 saturated carbocycles. The fourth-order valence-corrected chi connectivity index (χ4v) is 1.89. The topological polar surface area (TPSA) is 41.1 Å². The highest BCUT2D eigenvalue weighted by molar-refractivity contribution is 9.10. The van der Waals surface area contributed by atoms with Crippen molar-refractivity contribution < 1.29 is 9.18 Å². The number of benzene rings is 1. The molecule has 0 spiro atoms. The second-order valence-electron chi connectivity index (χ2n) is 4.49. The highest BCUT2D eigenvalue weighted by Crippen LogP contribution is 2.28. The molecule has 3 nitrogen and oxygen atoms in total. The lowest BCUT2D eigenvalue weighted by molar-refractivity contribution is -0.122. The average molecular weight is 315 g/mol. The van der Waals surface area contributed by atoms with E-state index in [2.05, 4.69) is 26.6 Å². The lowest BCUT2D eigenvalue weighted by Gasteiger charge is -2.07. The van der Waals surface area contributed by atoms with Crippen LogP contribution in [0.5, 0.6) is 0 Å². The van der Waals surface area contributed by atoms with Crippen LogP contribution in [0.3, 0.4) is 0 Å². The number of hydrogen-bond donors (Lipinski definition) is 2. The summed E-state index contributed by atoms with van der Waals surface area (Å²) in [6.45, 7) is 1.91. The Morgan fingerprint density at radius 1 is 1.39 bits per heavy atom. The van der Waals surface area contributed by atoms with Crippen LogP contribution in [0, 0.1) is 11.7 Å². The van der Waals surface area contributed by atoms with Gasteiger partial charge in [-0.25, -0.2) is 4.39 Å². The Bertz CT molecular complexity index is 435. The fourth-order valence-electron chi connectivity index (χ4n) is 1.65. The van der Waals surface area contributed by atoms with E-state index in [0.29, 0.717) is 24.1 Å². The van der Waals surface area contributed by atoms with Crippen LogP contribution in [-0.2, 0) is 11.3 Å². The van der Waals surface area contributed by atoms with Gasteiger partial charge in [0.2, 0.25) is 5.91 Å². The first kappa shape index (κ1) is 13.5. The zero-order chi connectivity index (χ0) is 13.0. The van der Waals surface area contributed by atoms with Gasteiger partial charge in [0, 0.05) is 25.6 Å². The second-order valence-corrected chi connectivity index (χ2v) is 5.34. The molecule has 1 aromatic carbocycles. The summed E-state index contributed by atoms with van der Waals surface area (Å²) < 4.78 is 13.7. The maximum absolute atomic E-state index is 13.2. The van der Waals surface area contributed by atoms with E-state index < -0.39 is 0 Å². The van der Waals surface area contributed by atoms with E-state index in [4.69, 9.17) is 0 Å². The van der Waals surface area contributed by atoms with Crippen molar-refractivity contribution in [3.05, 3.63) is 34.1 Å².